The number of ether oxygens (including phenoxy) is 1. The van der Waals surface area contributed by atoms with E-state index >= 15 is 0 Å². The Labute approximate surface area is 174 Å². The minimum absolute atomic E-state index is 0.0619. The summed E-state index contributed by atoms with van der Waals surface area (Å²) in [6.45, 7) is 0.457. The number of benzene rings is 1. The Morgan fingerprint density at radius 3 is 2.82 bits per heavy atom. The van der Waals surface area contributed by atoms with Crippen LogP contribution in [0.25, 0.3) is 0 Å². The molecule has 1 unspecified atom stereocenters. The molecule has 0 aliphatic carbocycles. The number of nitrogens with zero attached hydrogens (tertiary/aromatic N) is 2. The lowest BCUT2D eigenvalue weighted by Gasteiger charge is -2.27. The number of likely N-dealkylation sites (N-methyl/N-ethyl adjacent to an activating group) is 1. The van der Waals surface area contributed by atoms with Gasteiger partial charge < -0.3 is 9.64 Å². The Bertz CT molecular complexity index is 945. The second-order valence-corrected chi connectivity index (χ2v) is 10.7. The maximum absolute atomic E-state index is 12.8. The fraction of sp³-hybridized carbons (Fsp3) is 0.421. The molecule has 1 aliphatic heterocycles. The first-order chi connectivity index (χ1) is 13.3. The van der Waals surface area contributed by atoms with Gasteiger partial charge in [0.05, 0.1) is 18.0 Å². The average Bonchev–Trinajstić information content (AvgIpc) is 3.31. The normalized spacial score (nSPS) is 17.3. The maximum Gasteiger partial charge on any atom is 0.252 e. The van der Waals surface area contributed by atoms with Crippen LogP contribution in [0.4, 0.5) is 0 Å². The van der Waals surface area contributed by atoms with Gasteiger partial charge in [-0.05, 0) is 49.1 Å². The van der Waals surface area contributed by atoms with E-state index in [0.717, 1.165) is 46.2 Å². The first-order valence-electron chi connectivity index (χ1n) is 8.95. The monoisotopic (exact) mass is 442 g/mol. The molecule has 0 bridgehead atoms. The van der Waals surface area contributed by atoms with E-state index < -0.39 is 10.0 Å². The Morgan fingerprint density at radius 1 is 1.36 bits per heavy atom. The van der Waals surface area contributed by atoms with Gasteiger partial charge in [0.15, 0.2) is 0 Å². The molecule has 1 amide bonds. The van der Waals surface area contributed by atoms with Crippen LogP contribution >= 0.6 is 22.9 Å². The van der Waals surface area contributed by atoms with Crippen molar-refractivity contribution in [2.45, 2.75) is 29.5 Å². The third kappa shape index (κ3) is 4.68. The number of rotatable bonds is 7. The van der Waals surface area contributed by atoms with Gasteiger partial charge in [-0.15, -0.1) is 11.3 Å². The molecule has 1 atom stereocenters. The van der Waals surface area contributed by atoms with Crippen LogP contribution in [0.15, 0.2) is 40.6 Å². The highest BCUT2D eigenvalue weighted by atomic mass is 35.5. The molecule has 2 aromatic rings. The number of methoxy groups -OCH3 is 1. The van der Waals surface area contributed by atoms with Crippen molar-refractivity contribution in [3.8, 4) is 5.75 Å². The molecule has 152 valence electrons. The van der Waals surface area contributed by atoms with Gasteiger partial charge in [0, 0.05) is 19.6 Å². The lowest BCUT2D eigenvalue weighted by Crippen LogP contribution is -2.43. The average molecular weight is 443 g/mol. The summed E-state index contributed by atoms with van der Waals surface area (Å²) < 4.78 is 32.2. The number of amides is 1. The van der Waals surface area contributed by atoms with Crippen molar-refractivity contribution in [2.24, 2.45) is 0 Å². The topological polar surface area (TPSA) is 66.9 Å². The predicted molar refractivity (Wildman–Crippen MR) is 111 cm³/mol. The van der Waals surface area contributed by atoms with E-state index in [1.807, 2.05) is 24.3 Å². The molecule has 1 aliphatic rings. The quantitative estimate of drug-likeness (QED) is 0.660. The van der Waals surface area contributed by atoms with Gasteiger partial charge in [-0.2, -0.15) is 4.31 Å². The largest absolute Gasteiger partial charge is 0.497 e. The summed E-state index contributed by atoms with van der Waals surface area (Å²) in [5, 5.41) is 0. The number of carbonyl (C=O) groups is 1. The lowest BCUT2D eigenvalue weighted by atomic mass is 10.0. The van der Waals surface area contributed by atoms with Crippen LogP contribution in [-0.2, 0) is 21.2 Å². The summed E-state index contributed by atoms with van der Waals surface area (Å²) in [4.78, 5) is 14.6. The molecule has 28 heavy (non-hydrogen) atoms. The fourth-order valence-electron chi connectivity index (χ4n) is 3.40. The van der Waals surface area contributed by atoms with E-state index in [4.69, 9.17) is 16.3 Å². The van der Waals surface area contributed by atoms with Crippen LogP contribution < -0.4 is 4.74 Å². The van der Waals surface area contributed by atoms with Crippen molar-refractivity contribution < 1.29 is 17.9 Å². The van der Waals surface area contributed by atoms with E-state index in [2.05, 4.69) is 0 Å². The van der Waals surface area contributed by atoms with Crippen molar-refractivity contribution >= 4 is 38.9 Å². The zero-order valence-corrected chi connectivity index (χ0v) is 18.2. The predicted octanol–water partition coefficient (Wildman–Crippen LogP) is 3.26. The van der Waals surface area contributed by atoms with Crippen LogP contribution in [0.1, 0.15) is 18.4 Å². The SMILES string of the molecule is COc1cccc(CC2CCCN2C(=O)CN(C)S(=O)(=O)c2ccc(Cl)s2)c1. The second kappa shape index (κ2) is 8.82. The van der Waals surface area contributed by atoms with E-state index in [-0.39, 0.29) is 22.7 Å². The van der Waals surface area contributed by atoms with Crippen LogP contribution in [0.2, 0.25) is 4.34 Å². The summed E-state index contributed by atoms with van der Waals surface area (Å²) in [6.07, 6.45) is 2.54. The smallest absolute Gasteiger partial charge is 0.252 e. The van der Waals surface area contributed by atoms with Crippen molar-refractivity contribution in [3.05, 3.63) is 46.3 Å². The molecule has 1 aromatic heterocycles. The third-order valence-corrected chi connectivity index (χ3v) is 8.38. The minimum Gasteiger partial charge on any atom is -0.497 e. The summed E-state index contributed by atoms with van der Waals surface area (Å²) >= 11 is 6.84. The molecule has 1 saturated heterocycles. The highest BCUT2D eigenvalue weighted by Gasteiger charge is 2.32. The fourth-order valence-corrected chi connectivity index (χ4v) is 6.22. The first-order valence-corrected chi connectivity index (χ1v) is 11.6. The van der Waals surface area contributed by atoms with Crippen LogP contribution in [-0.4, -0.2) is 56.8 Å². The summed E-state index contributed by atoms with van der Waals surface area (Å²) in [5.41, 5.74) is 1.10. The number of likely N-dealkylation sites (tertiary alicyclic amines) is 1. The van der Waals surface area contributed by atoms with Gasteiger partial charge in [-0.25, -0.2) is 8.42 Å². The Hall–Kier alpha value is -1.61. The summed E-state index contributed by atoms with van der Waals surface area (Å²) in [5.74, 6) is 0.605. The van der Waals surface area contributed by atoms with E-state index in [9.17, 15) is 13.2 Å². The number of hydrogen-bond acceptors (Lipinski definition) is 5. The van der Waals surface area contributed by atoms with E-state index in [1.54, 1.807) is 18.1 Å². The summed E-state index contributed by atoms with van der Waals surface area (Å²) in [7, 11) is -0.674. The number of sulfonamides is 1. The third-order valence-electron chi connectivity index (χ3n) is 4.87. The lowest BCUT2D eigenvalue weighted by molar-refractivity contribution is -0.132. The second-order valence-electron chi connectivity index (χ2n) is 6.76. The van der Waals surface area contributed by atoms with Crippen molar-refractivity contribution in [2.75, 3.05) is 27.2 Å². The number of carbonyl (C=O) groups excluding carboxylic acids is 1. The van der Waals surface area contributed by atoms with Gasteiger partial charge in [0.25, 0.3) is 10.0 Å². The maximum atomic E-state index is 12.8. The van der Waals surface area contributed by atoms with Gasteiger partial charge in [0.2, 0.25) is 5.91 Å². The molecule has 9 heteroatoms. The molecule has 2 heterocycles. The molecule has 0 spiro atoms. The molecule has 3 rings (SSSR count). The Morgan fingerprint density at radius 2 is 2.14 bits per heavy atom. The minimum atomic E-state index is -3.72. The molecule has 1 aromatic carbocycles. The van der Waals surface area contributed by atoms with Crippen LogP contribution in [0.3, 0.4) is 0 Å². The van der Waals surface area contributed by atoms with Gasteiger partial charge in [0.1, 0.15) is 9.96 Å². The van der Waals surface area contributed by atoms with Crippen LogP contribution in [0.5, 0.6) is 5.75 Å². The standard InChI is InChI=1S/C19H23ClN2O4S2/c1-21(28(24,25)19-9-8-17(20)27-19)13-18(23)22-10-4-6-15(22)11-14-5-3-7-16(12-14)26-2/h3,5,7-9,12,15H,4,6,10-11,13H2,1-2H3. The molecule has 6 nitrogen and oxygen atoms in total. The number of thiophene rings is 1. The zero-order valence-electron chi connectivity index (χ0n) is 15.8. The van der Waals surface area contributed by atoms with Crippen LogP contribution in [0, 0.1) is 0 Å². The zero-order chi connectivity index (χ0) is 20.3. The van der Waals surface area contributed by atoms with Gasteiger partial charge in [-0.3, -0.25) is 4.79 Å². The van der Waals surface area contributed by atoms with Crippen molar-refractivity contribution in [3.63, 3.8) is 0 Å². The highest BCUT2D eigenvalue weighted by Crippen LogP contribution is 2.28. The number of hydrogen-bond donors (Lipinski definition) is 0. The molecule has 0 N–H and O–H groups in total. The summed E-state index contributed by atoms with van der Waals surface area (Å²) in [6, 6.07) is 10.9. The molecular formula is C19H23ClN2O4S2. The molecular weight excluding hydrogens is 420 g/mol. The van der Waals surface area contributed by atoms with Gasteiger partial charge >= 0.3 is 0 Å². The first kappa shape index (κ1) is 21.1. The number of halogens is 1. The molecule has 0 saturated carbocycles. The Balaban J connectivity index is 1.67. The molecule has 1 fully saturated rings. The molecule has 0 radical (unpaired) electrons. The Kier molecular flexibility index (Phi) is 6.65. The van der Waals surface area contributed by atoms with Crippen molar-refractivity contribution in [1.82, 2.24) is 9.21 Å². The highest BCUT2D eigenvalue weighted by molar-refractivity contribution is 7.91. The van der Waals surface area contributed by atoms with E-state index in [1.165, 1.54) is 13.1 Å². The van der Waals surface area contributed by atoms with Crippen molar-refractivity contribution in [1.29, 1.82) is 0 Å². The van der Waals surface area contributed by atoms with Gasteiger partial charge in [-0.1, -0.05) is 23.7 Å². The van der Waals surface area contributed by atoms with E-state index in [0.29, 0.717) is 10.9 Å².